The summed E-state index contributed by atoms with van der Waals surface area (Å²) in [5.41, 5.74) is 0. The standard InChI is InChI=1S/C21H17O2S.C10H14F2O5S/c1-2-21(22)23-17-13-15-20(16-14-17)24(18-9-5-3-6-10-18)19-11-7-4-8-12-19;11-10(12,18(14,15)16)5-17-9(13)8-4-6-1-2-7(8)3-6/h2-16H,1H2;6-8H,1-5H2,(H,14,15,16)/q+1;. The number of rotatable bonds is 9. The Morgan fingerprint density at radius 1 is 0.905 bits per heavy atom. The molecule has 2 aliphatic carbocycles. The maximum atomic E-state index is 12.9. The van der Waals surface area contributed by atoms with Crippen molar-refractivity contribution >= 4 is 33.0 Å². The Bertz CT molecular complexity index is 1440. The molecule has 2 bridgehead atoms. The van der Waals surface area contributed by atoms with Crippen molar-refractivity contribution in [3.05, 3.63) is 97.6 Å². The topological polar surface area (TPSA) is 107 Å². The van der Waals surface area contributed by atoms with Crippen LogP contribution in [0.5, 0.6) is 5.75 Å². The van der Waals surface area contributed by atoms with Crippen LogP contribution in [0.25, 0.3) is 0 Å². The Kier molecular flexibility index (Phi) is 10.2. The lowest BCUT2D eigenvalue weighted by atomic mass is 9.89. The van der Waals surface area contributed by atoms with Crippen LogP contribution in [-0.4, -0.2) is 36.8 Å². The summed E-state index contributed by atoms with van der Waals surface area (Å²) >= 11 is 0. The number of esters is 2. The third-order valence-corrected chi connectivity index (χ3v) is 10.3. The molecule has 3 atom stereocenters. The minimum absolute atomic E-state index is 0.168. The summed E-state index contributed by atoms with van der Waals surface area (Å²) in [4.78, 5) is 26.6. The summed E-state index contributed by atoms with van der Waals surface area (Å²) in [5.74, 6) is -0.496. The number of hydrogen-bond acceptors (Lipinski definition) is 6. The van der Waals surface area contributed by atoms with Gasteiger partial charge in [-0.15, -0.1) is 0 Å². The fourth-order valence-electron chi connectivity index (χ4n) is 5.19. The van der Waals surface area contributed by atoms with Gasteiger partial charge >= 0.3 is 27.3 Å². The first-order valence-corrected chi connectivity index (χ1v) is 15.9. The lowest BCUT2D eigenvalue weighted by Crippen LogP contribution is -2.36. The highest BCUT2D eigenvalue weighted by atomic mass is 32.2. The Hall–Kier alpha value is -3.54. The molecule has 42 heavy (non-hydrogen) atoms. The van der Waals surface area contributed by atoms with E-state index in [0.717, 1.165) is 25.3 Å². The zero-order chi connectivity index (χ0) is 30.3. The van der Waals surface area contributed by atoms with Crippen LogP contribution in [0.3, 0.4) is 0 Å². The van der Waals surface area contributed by atoms with Gasteiger partial charge in [0.15, 0.2) is 21.3 Å². The quantitative estimate of drug-likeness (QED) is 0.0985. The van der Waals surface area contributed by atoms with Crippen LogP contribution < -0.4 is 4.74 Å². The molecule has 0 aliphatic heterocycles. The molecule has 0 heterocycles. The van der Waals surface area contributed by atoms with Gasteiger partial charge in [0.25, 0.3) is 0 Å². The molecule has 2 aliphatic rings. The molecule has 11 heteroatoms. The van der Waals surface area contributed by atoms with Crippen LogP contribution in [0.4, 0.5) is 8.78 Å². The first-order valence-electron chi connectivity index (χ1n) is 13.3. The van der Waals surface area contributed by atoms with Gasteiger partial charge in [-0.05, 0) is 79.6 Å². The predicted octanol–water partition coefficient (Wildman–Crippen LogP) is 6.32. The largest absolute Gasteiger partial charge is 0.458 e. The van der Waals surface area contributed by atoms with Crippen molar-refractivity contribution in [3.8, 4) is 5.75 Å². The zero-order valence-electron chi connectivity index (χ0n) is 22.6. The monoisotopic (exact) mass is 617 g/mol. The summed E-state index contributed by atoms with van der Waals surface area (Å²) < 4.78 is 64.1. The second kappa shape index (κ2) is 13.6. The first kappa shape index (κ1) is 31.4. The van der Waals surface area contributed by atoms with Crippen molar-refractivity contribution in [3.63, 3.8) is 0 Å². The molecule has 7 nitrogen and oxygen atoms in total. The molecule has 0 amide bonds. The Balaban J connectivity index is 0.000000201. The minimum atomic E-state index is -5.54. The maximum Gasteiger partial charge on any atom is 0.402 e. The van der Waals surface area contributed by atoms with Crippen molar-refractivity contribution in [1.29, 1.82) is 0 Å². The number of fused-ring (bicyclic) bond motifs is 2. The van der Waals surface area contributed by atoms with Gasteiger partial charge in [0, 0.05) is 6.08 Å². The van der Waals surface area contributed by atoms with Crippen LogP contribution >= 0.6 is 0 Å². The van der Waals surface area contributed by atoms with Crippen molar-refractivity contribution in [2.75, 3.05) is 6.61 Å². The highest BCUT2D eigenvalue weighted by Crippen LogP contribution is 2.48. The number of benzene rings is 3. The lowest BCUT2D eigenvalue weighted by molar-refractivity contribution is -0.156. The van der Waals surface area contributed by atoms with Gasteiger partial charge in [0.2, 0.25) is 0 Å². The molecular weight excluding hydrogens is 586 g/mol. The summed E-state index contributed by atoms with van der Waals surface area (Å²) in [6.07, 6.45) is 4.64. The van der Waals surface area contributed by atoms with E-state index in [2.05, 4.69) is 59.8 Å². The van der Waals surface area contributed by atoms with E-state index in [-0.39, 0.29) is 16.8 Å². The second-order valence-electron chi connectivity index (χ2n) is 10.0. The Morgan fingerprint density at radius 2 is 1.45 bits per heavy atom. The van der Waals surface area contributed by atoms with E-state index in [1.807, 2.05) is 36.4 Å². The third kappa shape index (κ3) is 7.84. The molecule has 0 aromatic heterocycles. The fraction of sp³-hybridized carbons (Fsp3) is 0.290. The molecule has 2 saturated carbocycles. The van der Waals surface area contributed by atoms with Crippen molar-refractivity contribution in [1.82, 2.24) is 0 Å². The smallest absolute Gasteiger partial charge is 0.402 e. The van der Waals surface area contributed by atoms with E-state index in [1.165, 1.54) is 14.7 Å². The second-order valence-corrected chi connectivity index (χ2v) is 13.6. The highest BCUT2D eigenvalue weighted by molar-refractivity contribution is 7.97. The van der Waals surface area contributed by atoms with Gasteiger partial charge in [-0.2, -0.15) is 17.2 Å². The van der Waals surface area contributed by atoms with E-state index in [4.69, 9.17) is 9.29 Å². The molecule has 0 saturated heterocycles. The SMILES string of the molecule is C=CC(=O)Oc1ccc([S+](c2ccccc2)c2ccccc2)cc1.O=C(OCC(F)(F)S(=O)(=O)O)C1CC2CCC1C2. The lowest BCUT2D eigenvalue weighted by Gasteiger charge is -2.21. The molecule has 5 rings (SSSR count). The number of carbonyl (C=O) groups is 2. The average Bonchev–Trinajstić information content (AvgIpc) is 3.62. The number of hydrogen-bond donors (Lipinski definition) is 1. The van der Waals surface area contributed by atoms with E-state index >= 15 is 0 Å². The van der Waals surface area contributed by atoms with E-state index in [1.54, 1.807) is 0 Å². The van der Waals surface area contributed by atoms with Crippen molar-refractivity contribution in [2.45, 2.75) is 45.6 Å². The van der Waals surface area contributed by atoms with Gasteiger partial charge in [-0.1, -0.05) is 49.4 Å². The molecule has 0 spiro atoms. The maximum absolute atomic E-state index is 12.9. The van der Waals surface area contributed by atoms with Gasteiger partial charge in [0.1, 0.15) is 5.75 Å². The van der Waals surface area contributed by atoms with Crippen LogP contribution in [0.1, 0.15) is 25.7 Å². The number of carbonyl (C=O) groups excluding carboxylic acids is 2. The van der Waals surface area contributed by atoms with Gasteiger partial charge in [-0.25, -0.2) is 4.79 Å². The summed E-state index contributed by atoms with van der Waals surface area (Å²) in [5, 5.41) is -4.44. The first-order chi connectivity index (χ1) is 20.0. The fourth-order valence-corrected chi connectivity index (χ4v) is 7.48. The molecule has 3 aromatic rings. The van der Waals surface area contributed by atoms with Crippen LogP contribution in [0, 0.1) is 17.8 Å². The summed E-state index contributed by atoms with van der Waals surface area (Å²) in [7, 11) is -5.74. The molecule has 0 radical (unpaired) electrons. The van der Waals surface area contributed by atoms with Crippen LogP contribution in [0.15, 0.2) is 112 Å². The Labute approximate surface area is 246 Å². The van der Waals surface area contributed by atoms with E-state index < -0.39 is 39.8 Å². The van der Waals surface area contributed by atoms with E-state index in [9.17, 15) is 26.8 Å². The normalized spacial score (nSPS) is 19.5. The predicted molar refractivity (Wildman–Crippen MR) is 154 cm³/mol. The van der Waals surface area contributed by atoms with Crippen LogP contribution in [0.2, 0.25) is 0 Å². The minimum Gasteiger partial charge on any atom is -0.458 e. The van der Waals surface area contributed by atoms with Gasteiger partial charge in [-0.3, -0.25) is 9.35 Å². The third-order valence-electron chi connectivity index (χ3n) is 7.20. The molecule has 222 valence electrons. The summed E-state index contributed by atoms with van der Waals surface area (Å²) in [6.45, 7) is 1.78. The van der Waals surface area contributed by atoms with Crippen molar-refractivity contribution in [2.24, 2.45) is 17.8 Å². The molecule has 3 aromatic carbocycles. The molecular formula is C31H31F2O7S2+. The van der Waals surface area contributed by atoms with Crippen LogP contribution in [-0.2, 0) is 35.3 Å². The summed E-state index contributed by atoms with van der Waals surface area (Å²) in [6, 6.07) is 28.5. The Morgan fingerprint density at radius 3 is 1.90 bits per heavy atom. The molecule has 2 fully saturated rings. The average molecular weight is 618 g/mol. The van der Waals surface area contributed by atoms with Gasteiger partial charge in [0.05, 0.1) is 16.8 Å². The van der Waals surface area contributed by atoms with E-state index in [0.29, 0.717) is 18.1 Å². The van der Waals surface area contributed by atoms with Gasteiger partial charge < -0.3 is 9.47 Å². The highest BCUT2D eigenvalue weighted by Gasteiger charge is 2.48. The number of halogens is 2. The zero-order valence-corrected chi connectivity index (χ0v) is 24.2. The number of alkyl halides is 2. The molecule has 3 unspecified atom stereocenters. The van der Waals surface area contributed by atoms with Crippen molar-refractivity contribution < 1.29 is 40.8 Å². The number of ether oxygens (including phenoxy) is 2. The molecule has 1 N–H and O–H groups in total.